The molecule has 3 N–H and O–H groups in total. The normalized spacial score (nSPS) is 13.0. The number of esters is 1. The molecule has 0 rings (SSSR count). The third-order valence-corrected chi connectivity index (χ3v) is 13.3. The van der Waals surface area contributed by atoms with Crippen LogP contribution in [-0.2, 0) is 14.3 Å². The van der Waals surface area contributed by atoms with Crippen molar-refractivity contribution in [2.45, 2.75) is 315 Å². The van der Waals surface area contributed by atoms with Crippen molar-refractivity contribution in [3.05, 3.63) is 48.6 Å². The highest BCUT2D eigenvalue weighted by molar-refractivity contribution is 5.76. The molecule has 0 aliphatic rings. The Labute approximate surface area is 416 Å². The van der Waals surface area contributed by atoms with E-state index < -0.39 is 12.1 Å². The van der Waals surface area contributed by atoms with Gasteiger partial charge in [0.05, 0.1) is 25.4 Å². The van der Waals surface area contributed by atoms with Gasteiger partial charge in [-0.2, -0.15) is 0 Å². The van der Waals surface area contributed by atoms with Gasteiger partial charge in [-0.05, 0) is 89.9 Å². The molecule has 0 fully saturated rings. The van der Waals surface area contributed by atoms with Crippen LogP contribution in [0.3, 0.4) is 0 Å². The first-order valence-corrected chi connectivity index (χ1v) is 29.4. The molecule has 2 atom stereocenters. The van der Waals surface area contributed by atoms with Crippen molar-refractivity contribution in [3.63, 3.8) is 0 Å². The average Bonchev–Trinajstić information content (AvgIpc) is 3.33. The Morgan fingerprint density at radius 1 is 0.418 bits per heavy atom. The van der Waals surface area contributed by atoms with Gasteiger partial charge in [0.1, 0.15) is 0 Å². The average molecular weight is 941 g/mol. The molecule has 6 heteroatoms. The second kappa shape index (κ2) is 56.4. The maximum Gasteiger partial charge on any atom is 0.305 e. The number of aliphatic hydroxyl groups is 2. The number of aliphatic hydroxyl groups excluding tert-OH is 2. The zero-order chi connectivity index (χ0) is 48.6. The Morgan fingerprint density at radius 3 is 1.15 bits per heavy atom. The number of carbonyl (C=O) groups excluding carboxylic acids is 2. The fourth-order valence-corrected chi connectivity index (χ4v) is 8.80. The van der Waals surface area contributed by atoms with E-state index in [1.165, 1.54) is 199 Å². The van der Waals surface area contributed by atoms with Crippen LogP contribution in [-0.4, -0.2) is 47.4 Å². The number of carbonyl (C=O) groups is 2. The van der Waals surface area contributed by atoms with Crippen molar-refractivity contribution in [1.82, 2.24) is 5.32 Å². The predicted molar refractivity (Wildman–Crippen MR) is 292 cm³/mol. The highest BCUT2D eigenvalue weighted by atomic mass is 16.5. The van der Waals surface area contributed by atoms with Crippen LogP contribution in [0.25, 0.3) is 0 Å². The van der Waals surface area contributed by atoms with Gasteiger partial charge < -0.3 is 20.3 Å². The van der Waals surface area contributed by atoms with Crippen molar-refractivity contribution >= 4 is 11.9 Å². The van der Waals surface area contributed by atoms with Crippen LogP contribution in [0.5, 0.6) is 0 Å². The summed E-state index contributed by atoms with van der Waals surface area (Å²) in [4.78, 5) is 24.5. The third kappa shape index (κ3) is 53.0. The SMILES string of the molecule is CCCCCCCC/C=C\CCCCCCCC(=O)OCCCCC/C=C\C=C/CCCCCCCCCCCCC(=O)NC(CO)C(O)/C=C/CCCCCCCCCCCCCCCC. The Kier molecular flexibility index (Phi) is 54.6. The van der Waals surface area contributed by atoms with Crippen molar-refractivity contribution in [2.24, 2.45) is 0 Å². The molecule has 67 heavy (non-hydrogen) atoms. The van der Waals surface area contributed by atoms with Crippen molar-refractivity contribution in [2.75, 3.05) is 13.2 Å². The summed E-state index contributed by atoms with van der Waals surface area (Å²) >= 11 is 0. The molecular weight excluding hydrogens is 827 g/mol. The Hall–Kier alpha value is -2.18. The summed E-state index contributed by atoms with van der Waals surface area (Å²) in [5.41, 5.74) is 0. The molecular formula is C61H113NO5. The van der Waals surface area contributed by atoms with E-state index in [9.17, 15) is 19.8 Å². The number of rotatable bonds is 54. The monoisotopic (exact) mass is 940 g/mol. The van der Waals surface area contributed by atoms with E-state index in [0.29, 0.717) is 19.4 Å². The molecule has 6 nitrogen and oxygen atoms in total. The fraction of sp³-hybridized carbons (Fsp3) is 0.836. The number of amides is 1. The highest BCUT2D eigenvalue weighted by Crippen LogP contribution is 2.16. The summed E-state index contributed by atoms with van der Waals surface area (Å²) in [6.45, 7) is 4.86. The molecule has 392 valence electrons. The van der Waals surface area contributed by atoms with Crippen molar-refractivity contribution in [3.8, 4) is 0 Å². The first kappa shape index (κ1) is 64.8. The van der Waals surface area contributed by atoms with Gasteiger partial charge in [0.25, 0.3) is 0 Å². The molecule has 0 aliphatic carbocycles. The van der Waals surface area contributed by atoms with E-state index >= 15 is 0 Å². The number of allylic oxidation sites excluding steroid dienone is 7. The van der Waals surface area contributed by atoms with Gasteiger partial charge in [-0.15, -0.1) is 0 Å². The topological polar surface area (TPSA) is 95.9 Å². The zero-order valence-corrected chi connectivity index (χ0v) is 44.6. The summed E-state index contributed by atoms with van der Waals surface area (Å²) in [6, 6.07) is -0.636. The Bertz CT molecular complexity index is 1130. The fourth-order valence-electron chi connectivity index (χ4n) is 8.80. The van der Waals surface area contributed by atoms with Crippen LogP contribution in [0, 0.1) is 0 Å². The number of hydrogen-bond acceptors (Lipinski definition) is 5. The van der Waals surface area contributed by atoms with E-state index in [2.05, 4.69) is 55.6 Å². The maximum absolute atomic E-state index is 12.5. The second-order valence-corrected chi connectivity index (χ2v) is 20.0. The minimum absolute atomic E-state index is 0.0224. The second-order valence-electron chi connectivity index (χ2n) is 20.0. The number of unbranched alkanes of at least 4 members (excludes halogenated alkanes) is 38. The van der Waals surface area contributed by atoms with Crippen molar-refractivity contribution in [1.29, 1.82) is 0 Å². The molecule has 0 bridgehead atoms. The van der Waals surface area contributed by atoms with Gasteiger partial charge in [0.15, 0.2) is 0 Å². The molecule has 1 amide bonds. The summed E-state index contributed by atoms with van der Waals surface area (Å²) in [7, 11) is 0. The van der Waals surface area contributed by atoms with Gasteiger partial charge in [-0.3, -0.25) is 9.59 Å². The lowest BCUT2D eigenvalue weighted by atomic mass is 10.0. The molecule has 2 unspecified atom stereocenters. The van der Waals surface area contributed by atoms with Crippen LogP contribution in [0.15, 0.2) is 48.6 Å². The van der Waals surface area contributed by atoms with Crippen molar-refractivity contribution < 1.29 is 24.5 Å². The first-order valence-electron chi connectivity index (χ1n) is 29.4. The van der Waals surface area contributed by atoms with Crippen LogP contribution >= 0.6 is 0 Å². The summed E-state index contributed by atoms with van der Waals surface area (Å²) in [5, 5.41) is 23.1. The van der Waals surface area contributed by atoms with Gasteiger partial charge in [-0.25, -0.2) is 0 Å². The third-order valence-electron chi connectivity index (χ3n) is 13.3. The molecule has 0 saturated heterocycles. The quantitative estimate of drug-likeness (QED) is 0.0244. The summed E-state index contributed by atoms with van der Waals surface area (Å²) < 4.78 is 5.45. The molecule has 0 aromatic rings. The molecule has 0 spiro atoms. The lowest BCUT2D eigenvalue weighted by Gasteiger charge is -2.20. The molecule has 0 aliphatic heterocycles. The zero-order valence-electron chi connectivity index (χ0n) is 44.6. The predicted octanol–water partition coefficient (Wildman–Crippen LogP) is 18.2. The van der Waals surface area contributed by atoms with Gasteiger partial charge in [0.2, 0.25) is 5.91 Å². The Balaban J connectivity index is 3.51. The maximum atomic E-state index is 12.5. The summed E-state index contributed by atoms with van der Waals surface area (Å²) in [6.07, 6.45) is 71.3. The van der Waals surface area contributed by atoms with E-state index in [1.54, 1.807) is 6.08 Å². The summed E-state index contributed by atoms with van der Waals surface area (Å²) in [5.74, 6) is -0.100. The van der Waals surface area contributed by atoms with Crippen LogP contribution < -0.4 is 5.32 Å². The van der Waals surface area contributed by atoms with E-state index in [1.807, 2.05) is 6.08 Å². The van der Waals surface area contributed by atoms with Crippen LogP contribution in [0.2, 0.25) is 0 Å². The first-order chi connectivity index (χ1) is 33.0. The molecule has 0 radical (unpaired) electrons. The van der Waals surface area contributed by atoms with E-state index in [-0.39, 0.29) is 18.5 Å². The number of ether oxygens (including phenoxy) is 1. The standard InChI is InChI=1S/C61H113NO5/c1-3-5-7-9-11-13-15-17-19-26-29-33-37-41-45-49-53-59(64)58(57-63)62-60(65)54-50-46-42-38-34-30-27-23-21-20-22-24-28-32-36-40-44-48-52-56-67-61(66)55-51-47-43-39-35-31-25-18-16-14-12-10-8-6-4-2/h18,24-25,28,32,36,49,53,58-59,63-64H,3-17,19-23,26-27,29-31,33-35,37-48,50-52,54-57H2,1-2H3,(H,62,65)/b25-18-,28-24-,36-32-,53-49+. The molecule has 0 aromatic heterocycles. The van der Waals surface area contributed by atoms with Crippen LogP contribution in [0.1, 0.15) is 303 Å². The van der Waals surface area contributed by atoms with E-state index in [0.717, 1.165) is 77.0 Å². The molecule has 0 saturated carbocycles. The highest BCUT2D eigenvalue weighted by Gasteiger charge is 2.18. The van der Waals surface area contributed by atoms with Crippen LogP contribution in [0.4, 0.5) is 0 Å². The largest absolute Gasteiger partial charge is 0.466 e. The molecule has 0 aromatic carbocycles. The lowest BCUT2D eigenvalue weighted by Crippen LogP contribution is -2.45. The van der Waals surface area contributed by atoms with Gasteiger partial charge in [0, 0.05) is 12.8 Å². The lowest BCUT2D eigenvalue weighted by molar-refractivity contribution is -0.143. The molecule has 0 heterocycles. The van der Waals surface area contributed by atoms with Gasteiger partial charge >= 0.3 is 5.97 Å². The van der Waals surface area contributed by atoms with E-state index in [4.69, 9.17) is 4.74 Å². The number of nitrogens with one attached hydrogen (secondary N) is 1. The minimum atomic E-state index is -0.852. The number of hydrogen-bond donors (Lipinski definition) is 3. The smallest absolute Gasteiger partial charge is 0.305 e. The minimum Gasteiger partial charge on any atom is -0.466 e. The van der Waals surface area contributed by atoms with Gasteiger partial charge in [-0.1, -0.05) is 249 Å². The Morgan fingerprint density at radius 2 is 0.746 bits per heavy atom.